The highest BCUT2D eigenvalue weighted by molar-refractivity contribution is 7.99. The highest BCUT2D eigenvalue weighted by Gasteiger charge is 2.31. The van der Waals surface area contributed by atoms with E-state index in [-0.39, 0.29) is 11.4 Å². The molecule has 4 heteroatoms. The van der Waals surface area contributed by atoms with Gasteiger partial charge in [-0.05, 0) is 29.9 Å². The van der Waals surface area contributed by atoms with Gasteiger partial charge in [-0.2, -0.15) is 0 Å². The molecule has 1 atom stereocenters. The minimum atomic E-state index is 0.125. The molecule has 23 heavy (non-hydrogen) atoms. The smallest absolute Gasteiger partial charge is 0.318 e. The molecule has 2 amide bonds. The van der Waals surface area contributed by atoms with Crippen molar-refractivity contribution in [3.63, 3.8) is 0 Å². The number of benzene rings is 1. The molecule has 1 N–H and O–H groups in total. The summed E-state index contributed by atoms with van der Waals surface area (Å²) in [6.45, 7) is 5.27. The first-order chi connectivity index (χ1) is 11.1. The number of urea groups is 1. The van der Waals surface area contributed by atoms with Crippen molar-refractivity contribution in [3.8, 4) is 0 Å². The lowest BCUT2D eigenvalue weighted by Gasteiger charge is -2.29. The van der Waals surface area contributed by atoms with Gasteiger partial charge in [-0.15, -0.1) is 11.8 Å². The fourth-order valence-electron chi connectivity index (χ4n) is 3.50. The molecule has 3 nitrogen and oxygen atoms in total. The molecule has 0 bridgehead atoms. The first kappa shape index (κ1) is 16.7. The van der Waals surface area contributed by atoms with Crippen LogP contribution in [0.1, 0.15) is 68.4 Å². The van der Waals surface area contributed by atoms with E-state index in [9.17, 15) is 4.79 Å². The third-order valence-corrected chi connectivity index (χ3v) is 6.23. The molecular weight excluding hydrogens is 304 g/mol. The summed E-state index contributed by atoms with van der Waals surface area (Å²) in [7, 11) is 0. The summed E-state index contributed by atoms with van der Waals surface area (Å²) in [6, 6.07) is 9.30. The van der Waals surface area contributed by atoms with Crippen molar-refractivity contribution in [1.82, 2.24) is 10.2 Å². The lowest BCUT2D eigenvalue weighted by molar-refractivity contribution is 0.192. The normalized spacial score (nSPS) is 22.6. The molecule has 1 aromatic rings. The van der Waals surface area contributed by atoms with E-state index in [1.165, 1.54) is 30.4 Å². The number of nitrogens with zero attached hydrogens (tertiary/aromatic N) is 1. The minimum absolute atomic E-state index is 0.125. The lowest BCUT2D eigenvalue weighted by Crippen LogP contribution is -2.45. The van der Waals surface area contributed by atoms with Gasteiger partial charge in [-0.25, -0.2) is 4.79 Å². The molecule has 1 aliphatic carbocycles. The van der Waals surface area contributed by atoms with E-state index < -0.39 is 0 Å². The molecule has 0 aromatic heterocycles. The second kappa shape index (κ2) is 7.61. The van der Waals surface area contributed by atoms with E-state index in [2.05, 4.69) is 43.4 Å². The zero-order valence-electron chi connectivity index (χ0n) is 14.3. The molecule has 0 unspecified atom stereocenters. The Hall–Kier alpha value is -1.16. The largest absolute Gasteiger partial charge is 0.335 e. The van der Waals surface area contributed by atoms with Crippen LogP contribution in [0.5, 0.6) is 0 Å². The summed E-state index contributed by atoms with van der Waals surface area (Å²) in [6.07, 6.45) is 6.09. The molecule has 0 radical (unpaired) electrons. The predicted octanol–water partition coefficient (Wildman–Crippen LogP) is 4.90. The molecule has 1 aliphatic heterocycles. The van der Waals surface area contributed by atoms with Gasteiger partial charge in [0.15, 0.2) is 0 Å². The van der Waals surface area contributed by atoms with Crippen molar-refractivity contribution < 1.29 is 4.79 Å². The van der Waals surface area contributed by atoms with Crippen LogP contribution in [0, 0.1) is 0 Å². The molecule has 1 saturated carbocycles. The van der Waals surface area contributed by atoms with Crippen LogP contribution in [0.3, 0.4) is 0 Å². The van der Waals surface area contributed by atoms with Gasteiger partial charge in [0, 0.05) is 18.3 Å². The molecule has 1 saturated heterocycles. The van der Waals surface area contributed by atoms with Crippen LogP contribution in [0.4, 0.5) is 4.79 Å². The average molecular weight is 333 g/mol. The summed E-state index contributed by atoms with van der Waals surface area (Å²) >= 11 is 1.87. The summed E-state index contributed by atoms with van der Waals surface area (Å²) in [4.78, 5) is 14.7. The Morgan fingerprint density at radius 3 is 2.52 bits per heavy atom. The van der Waals surface area contributed by atoms with E-state index in [1.807, 2.05) is 16.7 Å². The van der Waals surface area contributed by atoms with Crippen LogP contribution < -0.4 is 5.32 Å². The zero-order chi connectivity index (χ0) is 16.2. The Morgan fingerprint density at radius 2 is 1.87 bits per heavy atom. The van der Waals surface area contributed by atoms with Gasteiger partial charge < -0.3 is 10.2 Å². The number of hydrogen-bond acceptors (Lipinski definition) is 2. The number of carbonyl (C=O) groups is 1. The van der Waals surface area contributed by atoms with Crippen LogP contribution in [-0.2, 0) is 0 Å². The summed E-state index contributed by atoms with van der Waals surface area (Å²) < 4.78 is 0. The van der Waals surface area contributed by atoms with Crippen LogP contribution in [0.25, 0.3) is 0 Å². The van der Waals surface area contributed by atoms with E-state index >= 15 is 0 Å². The molecule has 1 heterocycles. The van der Waals surface area contributed by atoms with Gasteiger partial charge >= 0.3 is 6.03 Å². The molecule has 2 fully saturated rings. The Morgan fingerprint density at radius 1 is 1.17 bits per heavy atom. The van der Waals surface area contributed by atoms with Gasteiger partial charge in [0.2, 0.25) is 0 Å². The first-order valence-corrected chi connectivity index (χ1v) is 9.98. The average Bonchev–Trinajstić information content (AvgIpc) is 3.05. The van der Waals surface area contributed by atoms with Crippen molar-refractivity contribution >= 4 is 17.8 Å². The van der Waals surface area contributed by atoms with E-state index in [0.717, 1.165) is 25.1 Å². The van der Waals surface area contributed by atoms with Crippen molar-refractivity contribution in [1.29, 1.82) is 0 Å². The fourth-order valence-corrected chi connectivity index (χ4v) is 4.76. The monoisotopic (exact) mass is 332 g/mol. The number of carbonyl (C=O) groups excluding carboxylic acids is 1. The number of amides is 2. The summed E-state index contributed by atoms with van der Waals surface area (Å²) in [5, 5.41) is 3.43. The highest BCUT2D eigenvalue weighted by atomic mass is 32.2. The van der Waals surface area contributed by atoms with Gasteiger partial charge in [-0.1, -0.05) is 57.4 Å². The van der Waals surface area contributed by atoms with Crippen LogP contribution in [-0.4, -0.2) is 29.3 Å². The van der Waals surface area contributed by atoms with Crippen molar-refractivity contribution in [3.05, 3.63) is 35.4 Å². The van der Waals surface area contributed by atoms with E-state index in [1.54, 1.807) is 0 Å². The second-order valence-corrected chi connectivity index (χ2v) is 8.21. The first-order valence-electron chi connectivity index (χ1n) is 8.94. The lowest BCUT2D eigenvalue weighted by atomic mass is 9.96. The maximum atomic E-state index is 12.7. The third-order valence-electron chi connectivity index (χ3n) is 4.97. The molecule has 0 spiro atoms. The fraction of sp³-hybridized carbons (Fsp3) is 0.632. The van der Waals surface area contributed by atoms with Crippen LogP contribution >= 0.6 is 11.8 Å². The van der Waals surface area contributed by atoms with Gasteiger partial charge in [0.25, 0.3) is 0 Å². The van der Waals surface area contributed by atoms with Crippen molar-refractivity contribution in [2.45, 2.75) is 63.3 Å². The number of hydrogen-bond donors (Lipinski definition) is 1. The predicted molar refractivity (Wildman–Crippen MR) is 97.8 cm³/mol. The van der Waals surface area contributed by atoms with Gasteiger partial charge in [0.05, 0.1) is 0 Å². The number of nitrogens with one attached hydrogen (secondary N) is 1. The van der Waals surface area contributed by atoms with Gasteiger partial charge in [-0.3, -0.25) is 0 Å². The number of thioether (sulfide) groups is 1. The zero-order valence-corrected chi connectivity index (χ0v) is 15.1. The Balaban J connectivity index is 1.65. The Kier molecular flexibility index (Phi) is 5.52. The van der Waals surface area contributed by atoms with Crippen molar-refractivity contribution in [2.75, 3.05) is 12.3 Å². The molecule has 1 aromatic carbocycles. The molecule has 2 aliphatic rings. The standard InChI is InChI=1S/C19H28N2OS/c1-14(2)15-8-10-16(11-9-15)18-21(12-13-23-18)19(22)20-17-6-4-3-5-7-17/h8-11,14,17-18H,3-7,12-13H2,1-2H3,(H,20,22)/t18-/m1/s1. The number of rotatable bonds is 3. The highest BCUT2D eigenvalue weighted by Crippen LogP contribution is 2.38. The van der Waals surface area contributed by atoms with E-state index in [4.69, 9.17) is 0 Å². The maximum absolute atomic E-state index is 12.7. The molecule has 126 valence electrons. The minimum Gasteiger partial charge on any atom is -0.335 e. The quantitative estimate of drug-likeness (QED) is 0.854. The summed E-state index contributed by atoms with van der Waals surface area (Å²) in [5.74, 6) is 1.57. The maximum Gasteiger partial charge on any atom is 0.318 e. The molecule has 3 rings (SSSR count). The Labute approximate surface area is 144 Å². The summed E-state index contributed by atoms with van der Waals surface area (Å²) in [5.41, 5.74) is 2.60. The third kappa shape index (κ3) is 4.03. The van der Waals surface area contributed by atoms with Gasteiger partial charge in [0.1, 0.15) is 5.37 Å². The SMILES string of the molecule is CC(C)c1ccc([C@H]2SCCN2C(=O)NC2CCCCC2)cc1. The van der Waals surface area contributed by atoms with E-state index in [0.29, 0.717) is 12.0 Å². The van der Waals surface area contributed by atoms with Crippen LogP contribution in [0.15, 0.2) is 24.3 Å². The Bertz CT molecular complexity index is 523. The van der Waals surface area contributed by atoms with Crippen LogP contribution in [0.2, 0.25) is 0 Å². The molecular formula is C19H28N2OS. The van der Waals surface area contributed by atoms with Crippen molar-refractivity contribution in [2.24, 2.45) is 0 Å². The second-order valence-electron chi connectivity index (χ2n) is 7.02. The topological polar surface area (TPSA) is 32.3 Å².